The minimum absolute atomic E-state index is 0.303. The number of piperidine rings is 1. The number of rotatable bonds is 2. The lowest BCUT2D eigenvalue weighted by atomic mass is 10.0. The number of fused-ring (bicyclic) bond motifs is 1. The molecule has 1 saturated heterocycles. The van der Waals surface area contributed by atoms with Crippen LogP contribution >= 0.6 is 11.6 Å². The van der Waals surface area contributed by atoms with E-state index in [9.17, 15) is 14.7 Å². The normalized spacial score (nSPS) is 21.9. The summed E-state index contributed by atoms with van der Waals surface area (Å²) >= 11 is 6.17. The van der Waals surface area contributed by atoms with E-state index in [4.69, 9.17) is 17.3 Å². The van der Waals surface area contributed by atoms with Crippen molar-refractivity contribution in [2.24, 2.45) is 5.73 Å². The lowest BCUT2D eigenvalue weighted by Gasteiger charge is -2.46. The van der Waals surface area contributed by atoms with Crippen LogP contribution in [-0.2, 0) is 9.59 Å². The summed E-state index contributed by atoms with van der Waals surface area (Å²) in [5, 5.41) is 10.8. The predicted molar refractivity (Wildman–Crippen MR) is 81.0 cm³/mol. The number of amides is 2. The maximum atomic E-state index is 12.4. The molecule has 2 amide bonds. The van der Waals surface area contributed by atoms with Crippen LogP contribution in [0.1, 0.15) is 19.3 Å². The molecule has 115 valence electrons. The highest BCUT2D eigenvalue weighted by molar-refractivity contribution is 6.33. The van der Waals surface area contributed by atoms with Crippen LogP contribution in [0.2, 0.25) is 5.02 Å². The number of primary amides is 1. The maximum absolute atomic E-state index is 12.4. The molecule has 6 nitrogen and oxygen atoms in total. The molecule has 1 radical (unpaired) electrons. The van der Waals surface area contributed by atoms with Crippen LogP contribution in [-0.4, -0.2) is 34.5 Å². The number of hydrogen-bond acceptors (Lipinski definition) is 4. The maximum Gasteiger partial charge on any atom is 0.266 e. The Kier molecular flexibility index (Phi) is 3.70. The third-order valence-electron chi connectivity index (χ3n) is 3.99. The van der Waals surface area contributed by atoms with Gasteiger partial charge in [-0.2, -0.15) is 0 Å². The second-order valence-electron chi connectivity index (χ2n) is 5.28. The van der Waals surface area contributed by atoms with Crippen LogP contribution in [0.15, 0.2) is 29.7 Å². The summed E-state index contributed by atoms with van der Waals surface area (Å²) in [7, 11) is 0. The predicted octanol–water partition coefficient (Wildman–Crippen LogP) is 1.55. The molecule has 1 aromatic rings. The molecule has 1 unspecified atom stereocenters. The van der Waals surface area contributed by atoms with Gasteiger partial charge in [0.15, 0.2) is 5.57 Å². The van der Waals surface area contributed by atoms with Gasteiger partial charge < -0.3 is 15.7 Å². The molecule has 1 atom stereocenters. The van der Waals surface area contributed by atoms with Gasteiger partial charge in [-0.25, -0.2) is 0 Å². The molecule has 7 heteroatoms. The van der Waals surface area contributed by atoms with Gasteiger partial charge in [-0.1, -0.05) is 23.7 Å². The van der Waals surface area contributed by atoms with Gasteiger partial charge in [0.25, 0.3) is 11.8 Å². The number of nitrogens with zero attached hydrogens (tertiary/aromatic N) is 2. The van der Waals surface area contributed by atoms with Gasteiger partial charge in [0, 0.05) is 12.6 Å². The first-order valence-corrected chi connectivity index (χ1v) is 7.39. The van der Waals surface area contributed by atoms with Crippen LogP contribution in [0.5, 0.6) is 0 Å². The molecule has 3 N–H and O–H groups in total. The van der Waals surface area contributed by atoms with Crippen molar-refractivity contribution in [3.63, 3.8) is 0 Å². The fourth-order valence-corrected chi connectivity index (χ4v) is 3.22. The molecule has 2 aliphatic heterocycles. The molecule has 0 aromatic heterocycles. The molecular formula is C15H15ClN3O3. The Hall–Kier alpha value is -2.21. The van der Waals surface area contributed by atoms with Gasteiger partial charge >= 0.3 is 0 Å². The molecular weight excluding hydrogens is 306 g/mol. The zero-order valence-electron chi connectivity index (χ0n) is 11.8. The third-order valence-corrected chi connectivity index (χ3v) is 4.29. The minimum atomic E-state index is -0.951. The first-order valence-electron chi connectivity index (χ1n) is 7.02. The average Bonchev–Trinajstić information content (AvgIpc) is 2.49. The van der Waals surface area contributed by atoms with Gasteiger partial charge in [0.1, 0.15) is 6.17 Å². The number of benzene rings is 1. The minimum Gasteiger partial charge on any atom is -0.494 e. The van der Waals surface area contributed by atoms with E-state index in [1.807, 2.05) is 0 Å². The Labute approximate surface area is 132 Å². The standard InChI is InChI=1S/C15H15ClN3O3/c16-9-5-1-2-6-10(9)19-11-7-3-4-8-18(11)14(21)12(13(17)20)15(19)22/h1-2,6,11,22H,3-4,7-8H2,(H2,17,20). The van der Waals surface area contributed by atoms with Gasteiger partial charge in [-0.05, 0) is 25.3 Å². The number of hydrogen-bond donors (Lipinski definition) is 2. The molecule has 0 spiro atoms. The van der Waals surface area contributed by atoms with Crippen molar-refractivity contribution in [2.75, 3.05) is 11.4 Å². The van der Waals surface area contributed by atoms with Gasteiger partial charge in [0.2, 0.25) is 5.88 Å². The Morgan fingerprint density at radius 2 is 2.23 bits per heavy atom. The summed E-state index contributed by atoms with van der Waals surface area (Å²) in [4.78, 5) is 27.1. The summed E-state index contributed by atoms with van der Waals surface area (Å²) in [6.45, 7) is 0.512. The van der Waals surface area contributed by atoms with Crippen molar-refractivity contribution in [3.8, 4) is 0 Å². The quantitative estimate of drug-likeness (QED) is 0.809. The first-order chi connectivity index (χ1) is 10.5. The van der Waals surface area contributed by atoms with Gasteiger partial charge in [-0.15, -0.1) is 0 Å². The molecule has 2 heterocycles. The number of aliphatic hydroxyl groups is 1. The van der Waals surface area contributed by atoms with E-state index in [0.717, 1.165) is 12.8 Å². The first kappa shape index (κ1) is 14.7. The number of nitrogens with two attached hydrogens (primary N) is 1. The Morgan fingerprint density at radius 1 is 1.45 bits per heavy atom. The molecule has 1 aromatic carbocycles. The highest BCUT2D eigenvalue weighted by Crippen LogP contribution is 2.37. The summed E-state index contributed by atoms with van der Waals surface area (Å²) in [6.07, 6.45) is 2.06. The van der Waals surface area contributed by atoms with Gasteiger partial charge in [-0.3, -0.25) is 14.5 Å². The van der Waals surface area contributed by atoms with Crippen LogP contribution in [0, 0.1) is 6.07 Å². The molecule has 3 rings (SSSR count). The van der Waals surface area contributed by atoms with E-state index in [2.05, 4.69) is 6.07 Å². The molecule has 1 fully saturated rings. The average molecular weight is 321 g/mol. The summed E-state index contributed by atoms with van der Waals surface area (Å²) in [6, 6.07) is 7.92. The molecule has 0 saturated carbocycles. The topological polar surface area (TPSA) is 86.9 Å². The molecule has 22 heavy (non-hydrogen) atoms. The summed E-state index contributed by atoms with van der Waals surface area (Å²) in [5.41, 5.74) is 5.36. The second kappa shape index (κ2) is 5.53. The highest BCUT2D eigenvalue weighted by Gasteiger charge is 2.43. The van der Waals surface area contributed by atoms with E-state index in [0.29, 0.717) is 23.7 Å². The summed E-state index contributed by atoms with van der Waals surface area (Å²) < 4.78 is 0. The number of aliphatic hydroxyl groups excluding tert-OH is 1. The molecule has 0 bridgehead atoms. The molecule has 0 aliphatic carbocycles. The van der Waals surface area contributed by atoms with Crippen molar-refractivity contribution in [3.05, 3.63) is 40.7 Å². The number of carbonyl (C=O) groups is 2. The van der Waals surface area contributed by atoms with Crippen molar-refractivity contribution in [1.29, 1.82) is 0 Å². The fourth-order valence-electron chi connectivity index (χ4n) is 3.00. The number of halogens is 1. The SMILES string of the molecule is NC(=O)C1=C(O)N(c2ccc[c]c2Cl)C2CCCCN2C1=O. The number of carbonyl (C=O) groups excluding carboxylic acids is 2. The van der Waals surface area contributed by atoms with E-state index in [1.54, 1.807) is 23.1 Å². The van der Waals surface area contributed by atoms with E-state index in [-0.39, 0.29) is 6.17 Å². The van der Waals surface area contributed by atoms with E-state index < -0.39 is 23.3 Å². The zero-order valence-corrected chi connectivity index (χ0v) is 12.5. The zero-order chi connectivity index (χ0) is 15.9. The van der Waals surface area contributed by atoms with E-state index in [1.165, 1.54) is 4.90 Å². The Morgan fingerprint density at radius 3 is 2.91 bits per heavy atom. The van der Waals surface area contributed by atoms with Crippen molar-refractivity contribution < 1.29 is 14.7 Å². The summed E-state index contributed by atoms with van der Waals surface area (Å²) in [5.74, 6) is -1.92. The Bertz CT molecular complexity index is 674. The second-order valence-corrected chi connectivity index (χ2v) is 5.66. The monoisotopic (exact) mass is 320 g/mol. The van der Waals surface area contributed by atoms with Crippen molar-refractivity contribution in [1.82, 2.24) is 4.90 Å². The highest BCUT2D eigenvalue weighted by atomic mass is 35.5. The van der Waals surface area contributed by atoms with Crippen LogP contribution < -0.4 is 10.6 Å². The van der Waals surface area contributed by atoms with E-state index >= 15 is 0 Å². The lowest BCUT2D eigenvalue weighted by molar-refractivity contribution is -0.134. The van der Waals surface area contributed by atoms with Crippen LogP contribution in [0.4, 0.5) is 5.69 Å². The fraction of sp³-hybridized carbons (Fsp3) is 0.333. The Balaban J connectivity index is 2.18. The molecule has 2 aliphatic rings. The smallest absolute Gasteiger partial charge is 0.266 e. The van der Waals surface area contributed by atoms with Crippen LogP contribution in [0.3, 0.4) is 0 Å². The number of anilines is 1. The van der Waals surface area contributed by atoms with Crippen molar-refractivity contribution >= 4 is 29.1 Å². The van der Waals surface area contributed by atoms with Gasteiger partial charge in [0.05, 0.1) is 10.7 Å². The lowest BCUT2D eigenvalue weighted by Crippen LogP contribution is -2.59. The van der Waals surface area contributed by atoms with Crippen LogP contribution in [0.25, 0.3) is 0 Å². The third kappa shape index (κ3) is 2.20. The largest absolute Gasteiger partial charge is 0.494 e. The van der Waals surface area contributed by atoms with Crippen molar-refractivity contribution in [2.45, 2.75) is 25.4 Å².